The molecule has 13 nitrogen and oxygen atoms in total. The van der Waals surface area contributed by atoms with Crippen molar-refractivity contribution >= 4 is 34.8 Å². The van der Waals surface area contributed by atoms with Crippen LogP contribution in [0.4, 0.5) is 0 Å². The van der Waals surface area contributed by atoms with Crippen molar-refractivity contribution in [3.05, 3.63) is 87.4 Å². The van der Waals surface area contributed by atoms with Gasteiger partial charge in [-0.25, -0.2) is 4.98 Å². The van der Waals surface area contributed by atoms with Crippen LogP contribution in [0.3, 0.4) is 0 Å². The van der Waals surface area contributed by atoms with Gasteiger partial charge in [0.1, 0.15) is 18.7 Å². The standard InChI is InChI=1S/C36H45N7O6S/c1-23-31(50-22-39-23)26-12-10-25(11-13-26)19-38-34(47)30-18-28(44)20-43(30)35(48)32(36(2,3)4)41-33(46)27(16-24-8-6-5-7-9-24)17-29(45)21-49-15-14-40-42-37/h5-13,22,27-28,30,32,44H,14-21H2,1-4H3,(H,38,47)(H,41,46)/t27-,28-,30+,32-/m1/s1. The second kappa shape index (κ2) is 17.9. The Bertz CT molecular complexity index is 1670. The maximum atomic E-state index is 14.2. The molecule has 3 N–H and O–H groups in total. The molecule has 14 heteroatoms. The van der Waals surface area contributed by atoms with E-state index in [9.17, 15) is 24.3 Å². The number of azide groups is 1. The number of rotatable bonds is 16. The lowest BCUT2D eigenvalue weighted by molar-refractivity contribution is -0.144. The SMILES string of the molecule is Cc1ncsc1-c1ccc(CNC(=O)[C@@H]2C[C@@H](O)CN2C(=O)[C@@H](NC(=O)[C@@H](CC(=O)COCCN=[N+]=[N-])Cc2ccccc2)C(C)(C)C)cc1. The number of nitrogens with zero attached hydrogens (tertiary/aromatic N) is 5. The molecule has 0 unspecified atom stereocenters. The molecule has 3 amide bonds. The smallest absolute Gasteiger partial charge is 0.246 e. The summed E-state index contributed by atoms with van der Waals surface area (Å²) in [5, 5.41) is 19.8. The fourth-order valence-corrected chi connectivity index (χ4v) is 6.68. The summed E-state index contributed by atoms with van der Waals surface area (Å²) in [6.07, 6.45) is -0.724. The first-order chi connectivity index (χ1) is 23.9. The third-order valence-electron chi connectivity index (χ3n) is 8.52. The van der Waals surface area contributed by atoms with Crippen LogP contribution in [0, 0.1) is 18.3 Å². The fourth-order valence-electron chi connectivity index (χ4n) is 5.87. The van der Waals surface area contributed by atoms with E-state index in [0.29, 0.717) is 0 Å². The Morgan fingerprint density at radius 1 is 1.12 bits per heavy atom. The Hall–Kier alpha value is -4.62. The first-order valence-corrected chi connectivity index (χ1v) is 17.5. The quantitative estimate of drug-likeness (QED) is 0.0855. The summed E-state index contributed by atoms with van der Waals surface area (Å²) in [6, 6.07) is 15.1. The second-order valence-electron chi connectivity index (χ2n) is 13.5. The molecule has 1 aliphatic rings. The van der Waals surface area contributed by atoms with Crippen molar-refractivity contribution in [2.45, 2.75) is 71.7 Å². The van der Waals surface area contributed by atoms with Gasteiger partial charge in [-0.1, -0.05) is 80.5 Å². The minimum absolute atomic E-state index is 0.0542. The van der Waals surface area contributed by atoms with E-state index in [0.717, 1.165) is 27.3 Å². The topological polar surface area (TPSA) is 187 Å². The van der Waals surface area contributed by atoms with Gasteiger partial charge in [-0.05, 0) is 41.0 Å². The predicted octanol–water partition coefficient (Wildman–Crippen LogP) is 4.37. The van der Waals surface area contributed by atoms with Gasteiger partial charge >= 0.3 is 0 Å². The van der Waals surface area contributed by atoms with Gasteiger partial charge in [0.2, 0.25) is 17.7 Å². The maximum absolute atomic E-state index is 14.2. The van der Waals surface area contributed by atoms with Gasteiger partial charge in [0.05, 0.1) is 28.8 Å². The molecule has 3 aromatic rings. The van der Waals surface area contributed by atoms with Crippen molar-refractivity contribution in [2.24, 2.45) is 16.4 Å². The molecule has 1 fully saturated rings. The number of ketones is 1. The zero-order valence-corrected chi connectivity index (χ0v) is 29.7. The first kappa shape index (κ1) is 38.2. The lowest BCUT2D eigenvalue weighted by Gasteiger charge is -2.36. The number of aliphatic hydroxyl groups is 1. The summed E-state index contributed by atoms with van der Waals surface area (Å²) in [6.45, 7) is 7.47. The number of thiazole rings is 1. The number of carbonyl (C=O) groups is 4. The van der Waals surface area contributed by atoms with E-state index in [1.54, 1.807) is 16.8 Å². The molecule has 0 radical (unpaired) electrons. The van der Waals surface area contributed by atoms with Gasteiger partial charge < -0.3 is 25.4 Å². The highest BCUT2D eigenvalue weighted by Gasteiger charge is 2.45. The summed E-state index contributed by atoms with van der Waals surface area (Å²) in [7, 11) is 0. The normalized spacial score (nSPS) is 17.0. The van der Waals surface area contributed by atoms with E-state index in [1.165, 1.54) is 4.90 Å². The Morgan fingerprint density at radius 2 is 1.84 bits per heavy atom. The van der Waals surface area contributed by atoms with Gasteiger partial charge in [-0.2, -0.15) is 0 Å². The minimum atomic E-state index is -1.05. The molecule has 0 bridgehead atoms. The van der Waals surface area contributed by atoms with E-state index >= 15 is 0 Å². The van der Waals surface area contributed by atoms with Gasteiger partial charge in [-0.3, -0.25) is 19.2 Å². The summed E-state index contributed by atoms with van der Waals surface area (Å²) >= 11 is 1.56. The van der Waals surface area contributed by atoms with Gasteiger partial charge in [0.25, 0.3) is 0 Å². The number of benzene rings is 2. The molecule has 266 valence electrons. The van der Waals surface area contributed by atoms with Gasteiger partial charge in [-0.15, -0.1) is 11.3 Å². The van der Waals surface area contributed by atoms with Crippen molar-refractivity contribution in [1.29, 1.82) is 0 Å². The van der Waals surface area contributed by atoms with Crippen molar-refractivity contribution in [3.63, 3.8) is 0 Å². The van der Waals surface area contributed by atoms with E-state index in [1.807, 2.05) is 82.3 Å². The molecule has 0 saturated carbocycles. The number of carbonyl (C=O) groups excluding carboxylic acids is 4. The van der Waals surface area contributed by atoms with Gasteiger partial charge in [0, 0.05) is 43.3 Å². The van der Waals surface area contributed by atoms with Crippen LogP contribution in [0.5, 0.6) is 0 Å². The van der Waals surface area contributed by atoms with Crippen molar-refractivity contribution < 1.29 is 29.0 Å². The number of hydrogen-bond donors (Lipinski definition) is 3. The van der Waals surface area contributed by atoms with Gasteiger partial charge in [0.15, 0.2) is 5.78 Å². The van der Waals surface area contributed by atoms with Crippen LogP contribution in [0.2, 0.25) is 0 Å². The van der Waals surface area contributed by atoms with Crippen LogP contribution in [-0.2, 0) is 36.9 Å². The number of aromatic nitrogens is 1. The molecule has 0 aliphatic carbocycles. The average Bonchev–Trinajstić information content (AvgIpc) is 3.70. The third kappa shape index (κ3) is 10.7. The Kier molecular flexibility index (Phi) is 13.6. The third-order valence-corrected chi connectivity index (χ3v) is 9.50. The monoisotopic (exact) mass is 703 g/mol. The van der Waals surface area contributed by atoms with Crippen molar-refractivity contribution in [1.82, 2.24) is 20.5 Å². The molecular formula is C36H45N7O6S. The molecule has 1 aromatic heterocycles. The molecule has 4 rings (SSSR count). The highest BCUT2D eigenvalue weighted by Crippen LogP contribution is 2.29. The summed E-state index contributed by atoms with van der Waals surface area (Å²) in [4.78, 5) is 63.7. The summed E-state index contributed by atoms with van der Waals surface area (Å²) < 4.78 is 5.32. The molecule has 50 heavy (non-hydrogen) atoms. The van der Waals surface area contributed by atoms with Crippen LogP contribution in [-0.4, -0.2) is 83.0 Å². The molecule has 4 atom stereocenters. The zero-order valence-electron chi connectivity index (χ0n) is 28.9. The van der Waals surface area contributed by atoms with Crippen LogP contribution in [0.15, 0.2) is 65.2 Å². The van der Waals surface area contributed by atoms with Crippen molar-refractivity contribution in [2.75, 3.05) is 26.3 Å². The van der Waals surface area contributed by atoms with Crippen LogP contribution < -0.4 is 10.6 Å². The van der Waals surface area contributed by atoms with Crippen molar-refractivity contribution in [3.8, 4) is 10.4 Å². The predicted molar refractivity (Wildman–Crippen MR) is 190 cm³/mol. The number of aliphatic hydroxyl groups excluding tert-OH is 1. The van der Waals surface area contributed by atoms with Crippen LogP contribution in [0.25, 0.3) is 20.9 Å². The zero-order chi connectivity index (χ0) is 36.3. The Balaban J connectivity index is 1.44. The average molecular weight is 704 g/mol. The molecular weight excluding hydrogens is 659 g/mol. The largest absolute Gasteiger partial charge is 0.391 e. The number of likely N-dealkylation sites (tertiary alicyclic amines) is 1. The second-order valence-corrected chi connectivity index (χ2v) is 14.4. The number of ether oxygens (including phenoxy) is 1. The molecule has 1 saturated heterocycles. The highest BCUT2D eigenvalue weighted by molar-refractivity contribution is 7.13. The number of hydrogen-bond acceptors (Lipinski definition) is 9. The lowest BCUT2D eigenvalue weighted by Crippen LogP contribution is -2.58. The van der Waals surface area contributed by atoms with E-state index in [-0.39, 0.29) is 57.9 Å². The minimum Gasteiger partial charge on any atom is -0.391 e. The Morgan fingerprint density at radius 3 is 2.48 bits per heavy atom. The van der Waals surface area contributed by atoms with E-state index in [4.69, 9.17) is 10.3 Å². The van der Waals surface area contributed by atoms with Crippen LogP contribution in [0.1, 0.15) is 50.4 Å². The number of aryl methyl sites for hydroxylation is 1. The molecule has 2 heterocycles. The molecule has 2 aromatic carbocycles. The number of β-amino-alcohol motifs (C(OH)–C–C–N with tert-alkyl or cyclic N) is 1. The molecule has 1 aliphatic heterocycles. The first-order valence-electron chi connectivity index (χ1n) is 16.6. The van der Waals surface area contributed by atoms with E-state index in [2.05, 4.69) is 25.6 Å². The lowest BCUT2D eigenvalue weighted by atomic mass is 9.84. The summed E-state index contributed by atoms with van der Waals surface area (Å²) in [5.41, 5.74) is 13.2. The number of nitrogens with one attached hydrogen (secondary N) is 2. The Labute approximate surface area is 296 Å². The molecule has 0 spiro atoms. The van der Waals surface area contributed by atoms with Crippen LogP contribution >= 0.6 is 11.3 Å². The number of amides is 3. The highest BCUT2D eigenvalue weighted by atomic mass is 32.1. The fraction of sp³-hybridized carbons (Fsp3) is 0.472. The maximum Gasteiger partial charge on any atom is 0.246 e. The van der Waals surface area contributed by atoms with E-state index < -0.39 is 47.2 Å². The summed E-state index contributed by atoms with van der Waals surface area (Å²) in [5.74, 6) is -2.49. The number of Topliss-reactive ketones (excluding diaryl/α,β-unsaturated/α-hetero) is 1.